The van der Waals surface area contributed by atoms with Crippen LogP contribution in [-0.4, -0.2) is 35.7 Å². The lowest BCUT2D eigenvalue weighted by Crippen LogP contribution is -2.36. The monoisotopic (exact) mass is 329 g/mol. The molecule has 1 aromatic rings. The van der Waals surface area contributed by atoms with Crippen molar-refractivity contribution in [2.75, 3.05) is 13.7 Å². The van der Waals surface area contributed by atoms with Crippen LogP contribution >= 0.6 is 15.9 Å². The van der Waals surface area contributed by atoms with Gasteiger partial charge < -0.3 is 9.84 Å². The maximum Gasteiger partial charge on any atom is 0.317 e. The second-order valence-electron chi connectivity index (χ2n) is 4.52. The molecule has 1 unspecified atom stereocenters. The molecule has 0 amide bonds. The van der Waals surface area contributed by atoms with Crippen molar-refractivity contribution < 1.29 is 14.6 Å². The minimum atomic E-state index is -0.798. The number of carboxylic acid groups (broad SMARTS) is 1. The van der Waals surface area contributed by atoms with Crippen LogP contribution in [0.2, 0.25) is 0 Å². The van der Waals surface area contributed by atoms with E-state index in [9.17, 15) is 4.79 Å². The predicted octanol–water partition coefficient (Wildman–Crippen LogP) is 3.14. The van der Waals surface area contributed by atoms with Crippen LogP contribution in [0.25, 0.3) is 0 Å². The van der Waals surface area contributed by atoms with Crippen molar-refractivity contribution in [1.82, 2.24) is 4.90 Å². The van der Waals surface area contributed by atoms with Gasteiger partial charge in [-0.2, -0.15) is 0 Å². The number of carbonyl (C=O) groups is 1. The normalized spacial score (nSPS) is 12.5. The van der Waals surface area contributed by atoms with Gasteiger partial charge in [0, 0.05) is 12.6 Å². The molecule has 0 aliphatic carbocycles. The Hall–Kier alpha value is -1.07. The van der Waals surface area contributed by atoms with E-state index in [1.165, 1.54) is 0 Å². The summed E-state index contributed by atoms with van der Waals surface area (Å²) in [7, 11) is 1.62. The summed E-state index contributed by atoms with van der Waals surface area (Å²) in [6.07, 6.45) is 0.921. The fourth-order valence-corrected chi connectivity index (χ4v) is 2.43. The highest BCUT2D eigenvalue weighted by molar-refractivity contribution is 9.10. The van der Waals surface area contributed by atoms with Gasteiger partial charge in [-0.3, -0.25) is 9.69 Å². The van der Waals surface area contributed by atoms with E-state index in [1.54, 1.807) is 7.11 Å². The molecular formula is C14H20BrNO3. The second-order valence-corrected chi connectivity index (χ2v) is 5.38. The summed E-state index contributed by atoms with van der Waals surface area (Å²) in [5, 5.41) is 8.97. The molecule has 19 heavy (non-hydrogen) atoms. The minimum absolute atomic E-state index is 0.0542. The molecule has 5 heteroatoms. The Morgan fingerprint density at radius 3 is 2.68 bits per heavy atom. The van der Waals surface area contributed by atoms with E-state index in [-0.39, 0.29) is 12.6 Å². The summed E-state index contributed by atoms with van der Waals surface area (Å²) in [4.78, 5) is 12.9. The third-order valence-electron chi connectivity index (χ3n) is 3.15. The number of rotatable bonds is 7. The number of hydrogen-bond donors (Lipinski definition) is 1. The van der Waals surface area contributed by atoms with E-state index < -0.39 is 5.97 Å². The maximum atomic E-state index is 10.9. The molecule has 0 heterocycles. The SMILES string of the molecule is CCC(C)N(CC(=O)O)Cc1ccc(OC)c(Br)c1. The van der Waals surface area contributed by atoms with E-state index >= 15 is 0 Å². The average molecular weight is 330 g/mol. The average Bonchev–Trinajstić information content (AvgIpc) is 2.36. The molecule has 1 N–H and O–H groups in total. The Bertz CT molecular complexity index is 437. The highest BCUT2D eigenvalue weighted by Crippen LogP contribution is 2.26. The molecule has 1 rings (SSSR count). The Morgan fingerprint density at radius 2 is 2.21 bits per heavy atom. The fourth-order valence-electron chi connectivity index (χ4n) is 1.84. The van der Waals surface area contributed by atoms with Crippen molar-refractivity contribution in [2.24, 2.45) is 0 Å². The first-order valence-corrected chi connectivity index (χ1v) is 7.05. The number of carboxylic acids is 1. The van der Waals surface area contributed by atoms with Gasteiger partial charge in [0.1, 0.15) is 5.75 Å². The van der Waals surface area contributed by atoms with E-state index in [0.717, 1.165) is 22.2 Å². The molecule has 0 bridgehead atoms. The number of nitrogens with zero attached hydrogens (tertiary/aromatic N) is 1. The van der Waals surface area contributed by atoms with Gasteiger partial charge >= 0.3 is 5.97 Å². The third kappa shape index (κ3) is 4.84. The van der Waals surface area contributed by atoms with E-state index in [4.69, 9.17) is 9.84 Å². The Balaban J connectivity index is 2.83. The molecule has 0 saturated heterocycles. The van der Waals surface area contributed by atoms with Crippen molar-refractivity contribution in [3.63, 3.8) is 0 Å². The number of hydrogen-bond acceptors (Lipinski definition) is 3. The zero-order valence-corrected chi connectivity index (χ0v) is 13.1. The largest absolute Gasteiger partial charge is 0.496 e. The molecule has 0 aliphatic rings. The molecule has 0 saturated carbocycles. The van der Waals surface area contributed by atoms with Gasteiger partial charge in [-0.1, -0.05) is 13.0 Å². The summed E-state index contributed by atoms with van der Waals surface area (Å²) < 4.78 is 6.06. The van der Waals surface area contributed by atoms with E-state index in [1.807, 2.05) is 30.0 Å². The highest BCUT2D eigenvalue weighted by atomic mass is 79.9. The van der Waals surface area contributed by atoms with Crippen molar-refractivity contribution in [3.8, 4) is 5.75 Å². The lowest BCUT2D eigenvalue weighted by Gasteiger charge is -2.26. The van der Waals surface area contributed by atoms with Crippen LogP contribution in [0.15, 0.2) is 22.7 Å². The smallest absolute Gasteiger partial charge is 0.317 e. The summed E-state index contributed by atoms with van der Waals surface area (Å²) in [5.41, 5.74) is 1.06. The predicted molar refractivity (Wildman–Crippen MR) is 78.5 cm³/mol. The van der Waals surface area contributed by atoms with Gasteiger partial charge in [-0.05, 0) is 47.0 Å². The molecule has 0 spiro atoms. The number of halogens is 1. The molecule has 0 fully saturated rings. The maximum absolute atomic E-state index is 10.9. The number of ether oxygens (including phenoxy) is 1. The van der Waals surface area contributed by atoms with E-state index in [2.05, 4.69) is 22.9 Å². The molecule has 0 radical (unpaired) electrons. The van der Waals surface area contributed by atoms with Gasteiger partial charge in [0.25, 0.3) is 0 Å². The molecule has 1 aromatic carbocycles. The molecule has 0 aliphatic heterocycles. The molecule has 106 valence electrons. The first-order valence-electron chi connectivity index (χ1n) is 6.26. The second kappa shape index (κ2) is 7.50. The van der Waals surface area contributed by atoms with Crippen molar-refractivity contribution in [1.29, 1.82) is 0 Å². The van der Waals surface area contributed by atoms with Crippen molar-refractivity contribution in [2.45, 2.75) is 32.9 Å². The molecule has 4 nitrogen and oxygen atoms in total. The van der Waals surface area contributed by atoms with Crippen LogP contribution in [0.4, 0.5) is 0 Å². The summed E-state index contributed by atoms with van der Waals surface area (Å²) in [6, 6.07) is 6.04. The zero-order valence-electron chi connectivity index (χ0n) is 11.5. The first kappa shape index (κ1) is 16.0. The first-order chi connectivity index (χ1) is 8.97. The summed E-state index contributed by atoms with van der Waals surface area (Å²) in [6.45, 7) is 4.77. The zero-order chi connectivity index (χ0) is 14.4. The lowest BCUT2D eigenvalue weighted by atomic mass is 10.1. The Labute approximate surface area is 122 Å². The summed E-state index contributed by atoms with van der Waals surface area (Å²) in [5.74, 6) is -0.0232. The van der Waals surface area contributed by atoms with Crippen LogP contribution in [0.1, 0.15) is 25.8 Å². The lowest BCUT2D eigenvalue weighted by molar-refractivity contribution is -0.139. The van der Waals surface area contributed by atoms with Crippen LogP contribution in [-0.2, 0) is 11.3 Å². The van der Waals surface area contributed by atoms with Gasteiger partial charge in [0.15, 0.2) is 0 Å². The minimum Gasteiger partial charge on any atom is -0.496 e. The van der Waals surface area contributed by atoms with Crippen LogP contribution < -0.4 is 4.74 Å². The number of methoxy groups -OCH3 is 1. The molecule has 0 aromatic heterocycles. The Morgan fingerprint density at radius 1 is 1.53 bits per heavy atom. The highest BCUT2D eigenvalue weighted by Gasteiger charge is 2.16. The Kier molecular flexibility index (Phi) is 6.31. The topological polar surface area (TPSA) is 49.8 Å². The summed E-state index contributed by atoms with van der Waals surface area (Å²) >= 11 is 3.44. The quantitative estimate of drug-likeness (QED) is 0.834. The van der Waals surface area contributed by atoms with E-state index in [0.29, 0.717) is 6.54 Å². The van der Waals surface area contributed by atoms with Crippen LogP contribution in [0.3, 0.4) is 0 Å². The van der Waals surface area contributed by atoms with Crippen LogP contribution in [0, 0.1) is 0 Å². The van der Waals surface area contributed by atoms with Gasteiger partial charge in [0.05, 0.1) is 18.1 Å². The standard InChI is InChI=1S/C14H20BrNO3/c1-4-10(2)16(9-14(17)18)8-11-5-6-13(19-3)12(15)7-11/h5-7,10H,4,8-9H2,1-3H3,(H,17,18). The van der Waals surface area contributed by atoms with Gasteiger partial charge in [-0.15, -0.1) is 0 Å². The van der Waals surface area contributed by atoms with Crippen LogP contribution in [0.5, 0.6) is 5.75 Å². The third-order valence-corrected chi connectivity index (χ3v) is 3.77. The van der Waals surface area contributed by atoms with Gasteiger partial charge in [-0.25, -0.2) is 0 Å². The molecular weight excluding hydrogens is 310 g/mol. The fraction of sp³-hybridized carbons (Fsp3) is 0.500. The van der Waals surface area contributed by atoms with Crippen molar-refractivity contribution in [3.05, 3.63) is 28.2 Å². The number of benzene rings is 1. The van der Waals surface area contributed by atoms with Crippen molar-refractivity contribution >= 4 is 21.9 Å². The van der Waals surface area contributed by atoms with Gasteiger partial charge in [0.2, 0.25) is 0 Å². The number of aliphatic carboxylic acids is 1. The molecule has 1 atom stereocenters.